The van der Waals surface area contributed by atoms with E-state index in [1.165, 1.54) is 0 Å². The minimum absolute atomic E-state index is 0.119. The van der Waals surface area contributed by atoms with E-state index < -0.39 is 5.92 Å². The molecule has 186 valence electrons. The number of rotatable bonds is 8. The van der Waals surface area contributed by atoms with E-state index in [9.17, 15) is 19.5 Å². The van der Waals surface area contributed by atoms with Gasteiger partial charge in [-0.15, -0.1) is 0 Å². The van der Waals surface area contributed by atoms with Crippen molar-refractivity contribution in [3.63, 3.8) is 0 Å². The van der Waals surface area contributed by atoms with Gasteiger partial charge in [0.2, 0.25) is 5.91 Å². The fourth-order valence-corrected chi connectivity index (χ4v) is 4.12. The lowest BCUT2D eigenvalue weighted by Gasteiger charge is -2.19. The molecule has 1 unspecified atom stereocenters. The number of benzene rings is 3. The van der Waals surface area contributed by atoms with Crippen molar-refractivity contribution in [3.05, 3.63) is 77.9 Å². The van der Waals surface area contributed by atoms with Crippen LogP contribution in [0.1, 0.15) is 42.1 Å². The maximum Gasteiger partial charge on any atom is 0.311 e. The number of carbonyl (C=O) groups excluding carboxylic acids is 3. The molecule has 0 radical (unpaired) electrons. The number of hydrogen-bond acceptors (Lipinski definition) is 5. The van der Waals surface area contributed by atoms with E-state index >= 15 is 0 Å². The van der Waals surface area contributed by atoms with Gasteiger partial charge in [0.25, 0.3) is 5.91 Å². The monoisotopic (exact) mass is 486 g/mol. The van der Waals surface area contributed by atoms with Gasteiger partial charge in [-0.1, -0.05) is 43.7 Å². The number of esters is 1. The Bertz CT molecular complexity index is 1250. The second-order valence-corrected chi connectivity index (χ2v) is 9.00. The molecule has 1 atom stereocenters. The maximum absolute atomic E-state index is 12.9. The van der Waals surface area contributed by atoms with Gasteiger partial charge in [-0.3, -0.25) is 14.4 Å². The summed E-state index contributed by atoms with van der Waals surface area (Å²) in [6.07, 6.45) is 1.86. The van der Waals surface area contributed by atoms with Gasteiger partial charge in [-0.2, -0.15) is 0 Å². The molecule has 7 nitrogen and oxygen atoms in total. The first-order chi connectivity index (χ1) is 17.4. The Morgan fingerprint density at radius 1 is 1.03 bits per heavy atom. The third kappa shape index (κ3) is 5.74. The fraction of sp³-hybridized carbons (Fsp3) is 0.276. The maximum atomic E-state index is 12.9. The number of phenols is 1. The number of aromatic hydroxyl groups is 1. The predicted molar refractivity (Wildman–Crippen MR) is 139 cm³/mol. The molecule has 0 bridgehead atoms. The number of ether oxygens (including phenoxy) is 1. The Morgan fingerprint density at radius 2 is 1.69 bits per heavy atom. The topological polar surface area (TPSA) is 95.9 Å². The standard InChI is InChI=1S/C29H30N2O5/c1-3-4-15-36-29(35)23-16-27(33)31(18-23)24-12-5-19(2)26(17-24)30-28(34)22-8-6-20(7-9-22)21-10-13-25(32)14-11-21/h5-14,17,23,32H,3-4,15-16,18H2,1-2H3,(H,30,34). The highest BCUT2D eigenvalue weighted by Gasteiger charge is 2.36. The molecular formula is C29H30N2O5. The lowest BCUT2D eigenvalue weighted by molar-refractivity contribution is -0.148. The number of nitrogens with one attached hydrogen (secondary N) is 1. The van der Waals surface area contributed by atoms with Crippen LogP contribution in [0.2, 0.25) is 0 Å². The van der Waals surface area contributed by atoms with Gasteiger partial charge in [-0.05, 0) is 66.4 Å². The van der Waals surface area contributed by atoms with Crippen LogP contribution in [0.4, 0.5) is 11.4 Å². The van der Waals surface area contributed by atoms with Crippen molar-refractivity contribution >= 4 is 29.2 Å². The predicted octanol–water partition coefficient (Wildman–Crippen LogP) is 5.32. The molecule has 2 amide bonds. The quantitative estimate of drug-likeness (QED) is 0.332. The third-order valence-corrected chi connectivity index (χ3v) is 6.33. The number of nitrogens with zero attached hydrogens (tertiary/aromatic N) is 1. The summed E-state index contributed by atoms with van der Waals surface area (Å²) in [5, 5.41) is 12.4. The first-order valence-corrected chi connectivity index (χ1v) is 12.1. The fourth-order valence-electron chi connectivity index (χ4n) is 4.12. The van der Waals surface area contributed by atoms with Crippen molar-refractivity contribution in [2.75, 3.05) is 23.4 Å². The second kappa shape index (κ2) is 11.1. The molecule has 3 aromatic rings. The van der Waals surface area contributed by atoms with Crippen LogP contribution < -0.4 is 10.2 Å². The summed E-state index contributed by atoms with van der Waals surface area (Å²) in [5.74, 6) is -1.03. The summed E-state index contributed by atoms with van der Waals surface area (Å²) >= 11 is 0. The first-order valence-electron chi connectivity index (χ1n) is 12.1. The molecule has 1 aliphatic rings. The molecule has 7 heteroatoms. The molecule has 36 heavy (non-hydrogen) atoms. The average Bonchev–Trinajstić information content (AvgIpc) is 3.27. The van der Waals surface area contributed by atoms with Gasteiger partial charge < -0.3 is 20.1 Å². The van der Waals surface area contributed by atoms with Crippen LogP contribution in [0.25, 0.3) is 11.1 Å². The number of phenolic OH excluding ortho intramolecular Hbond substituents is 1. The molecule has 0 saturated carbocycles. The smallest absolute Gasteiger partial charge is 0.311 e. The van der Waals surface area contributed by atoms with Gasteiger partial charge in [-0.25, -0.2) is 0 Å². The lowest BCUT2D eigenvalue weighted by Crippen LogP contribution is -2.26. The van der Waals surface area contributed by atoms with Crippen LogP contribution in [0.5, 0.6) is 5.75 Å². The molecule has 4 rings (SSSR count). The minimum Gasteiger partial charge on any atom is -0.508 e. The van der Waals surface area contributed by atoms with Gasteiger partial charge in [0, 0.05) is 29.9 Å². The van der Waals surface area contributed by atoms with E-state index in [0.717, 1.165) is 29.5 Å². The SMILES string of the molecule is CCCCOC(=O)C1CC(=O)N(c2ccc(C)c(NC(=O)c3ccc(-c4ccc(O)cc4)cc3)c2)C1. The van der Waals surface area contributed by atoms with Crippen LogP contribution in [0.3, 0.4) is 0 Å². The van der Waals surface area contributed by atoms with Crippen LogP contribution in [-0.4, -0.2) is 36.0 Å². The summed E-state index contributed by atoms with van der Waals surface area (Å²) < 4.78 is 5.30. The van der Waals surface area contributed by atoms with Crippen molar-refractivity contribution in [3.8, 4) is 16.9 Å². The van der Waals surface area contributed by atoms with Crippen molar-refractivity contribution < 1.29 is 24.2 Å². The van der Waals surface area contributed by atoms with E-state index in [0.29, 0.717) is 23.5 Å². The third-order valence-electron chi connectivity index (χ3n) is 6.33. The van der Waals surface area contributed by atoms with Gasteiger partial charge in [0.15, 0.2) is 0 Å². The van der Waals surface area contributed by atoms with Gasteiger partial charge in [0.1, 0.15) is 5.75 Å². The van der Waals surface area contributed by atoms with Crippen LogP contribution >= 0.6 is 0 Å². The van der Waals surface area contributed by atoms with Crippen molar-refractivity contribution in [2.45, 2.75) is 33.1 Å². The number of amides is 2. The van der Waals surface area contributed by atoms with Crippen LogP contribution in [0, 0.1) is 12.8 Å². The number of aryl methyl sites for hydroxylation is 1. The molecule has 0 aliphatic carbocycles. The summed E-state index contributed by atoms with van der Waals surface area (Å²) in [5.41, 5.74) is 4.45. The van der Waals surface area contributed by atoms with E-state index in [1.807, 2.05) is 50.2 Å². The van der Waals surface area contributed by atoms with Crippen molar-refractivity contribution in [1.82, 2.24) is 0 Å². The highest BCUT2D eigenvalue weighted by atomic mass is 16.5. The molecule has 0 aromatic heterocycles. The lowest BCUT2D eigenvalue weighted by atomic mass is 10.0. The van der Waals surface area contributed by atoms with E-state index in [4.69, 9.17) is 4.74 Å². The zero-order chi connectivity index (χ0) is 25.7. The Balaban J connectivity index is 1.44. The van der Waals surface area contributed by atoms with Gasteiger partial charge >= 0.3 is 5.97 Å². The van der Waals surface area contributed by atoms with E-state index in [-0.39, 0.29) is 36.5 Å². The average molecular weight is 487 g/mol. The normalized spacial score (nSPS) is 15.1. The summed E-state index contributed by atoms with van der Waals surface area (Å²) in [6.45, 7) is 4.54. The van der Waals surface area contributed by atoms with E-state index in [1.54, 1.807) is 35.2 Å². The van der Waals surface area contributed by atoms with Crippen LogP contribution in [0.15, 0.2) is 66.7 Å². The number of hydrogen-bond donors (Lipinski definition) is 2. The Kier molecular flexibility index (Phi) is 7.68. The molecular weight excluding hydrogens is 456 g/mol. The Hall–Kier alpha value is -4.13. The summed E-state index contributed by atoms with van der Waals surface area (Å²) in [7, 11) is 0. The highest BCUT2D eigenvalue weighted by molar-refractivity contribution is 6.06. The molecule has 3 aromatic carbocycles. The molecule has 1 fully saturated rings. The Morgan fingerprint density at radius 3 is 2.36 bits per heavy atom. The van der Waals surface area contributed by atoms with E-state index in [2.05, 4.69) is 5.32 Å². The number of unbranched alkanes of at least 4 members (excludes halogenated alkanes) is 1. The molecule has 1 aliphatic heterocycles. The Labute approximate surface area is 210 Å². The number of anilines is 2. The molecule has 1 heterocycles. The molecule has 2 N–H and O–H groups in total. The zero-order valence-corrected chi connectivity index (χ0v) is 20.5. The molecule has 1 saturated heterocycles. The summed E-state index contributed by atoms with van der Waals surface area (Å²) in [4.78, 5) is 39.5. The van der Waals surface area contributed by atoms with Gasteiger partial charge in [0.05, 0.1) is 12.5 Å². The first kappa shape index (κ1) is 25.0. The second-order valence-electron chi connectivity index (χ2n) is 9.00. The summed E-state index contributed by atoms with van der Waals surface area (Å²) in [6, 6.07) is 19.5. The van der Waals surface area contributed by atoms with Crippen molar-refractivity contribution in [1.29, 1.82) is 0 Å². The largest absolute Gasteiger partial charge is 0.508 e. The molecule has 0 spiro atoms. The zero-order valence-electron chi connectivity index (χ0n) is 20.5. The number of carbonyl (C=O) groups is 3. The minimum atomic E-state index is -0.485. The van der Waals surface area contributed by atoms with Crippen molar-refractivity contribution in [2.24, 2.45) is 5.92 Å². The highest BCUT2D eigenvalue weighted by Crippen LogP contribution is 2.30. The van der Waals surface area contributed by atoms with Crippen LogP contribution in [-0.2, 0) is 14.3 Å².